The van der Waals surface area contributed by atoms with E-state index in [1.165, 1.54) is 0 Å². The molecule has 0 atom stereocenters. The first kappa shape index (κ1) is 19.9. The summed E-state index contributed by atoms with van der Waals surface area (Å²) in [5.41, 5.74) is 4.97. The van der Waals surface area contributed by atoms with Crippen molar-refractivity contribution in [2.75, 3.05) is 13.1 Å². The van der Waals surface area contributed by atoms with E-state index in [1.807, 2.05) is 85.2 Å². The molecule has 0 fully saturated rings. The van der Waals surface area contributed by atoms with Crippen molar-refractivity contribution in [2.24, 2.45) is 9.98 Å². The molecule has 4 aromatic rings. The Bertz CT molecular complexity index is 1200. The summed E-state index contributed by atoms with van der Waals surface area (Å²) in [6.07, 6.45) is 3.67. The summed E-state index contributed by atoms with van der Waals surface area (Å²) in [6.45, 7) is 1.75. The Morgan fingerprint density at radius 2 is 0.969 bits per heavy atom. The maximum Gasteiger partial charge on any atom is 0.132 e. The molecule has 32 heavy (non-hydrogen) atoms. The largest absolute Gasteiger partial charge is 0.487 e. The normalized spacial score (nSPS) is 14.0. The van der Waals surface area contributed by atoms with Gasteiger partial charge in [-0.05, 0) is 36.4 Å². The lowest BCUT2D eigenvalue weighted by Crippen LogP contribution is -2.10. The first-order valence-electron chi connectivity index (χ1n) is 10.5. The topological polar surface area (TPSA) is 69.0 Å². The highest BCUT2D eigenvalue weighted by Gasteiger charge is 2.13. The maximum atomic E-state index is 6.15. The number of rotatable bonds is 0. The van der Waals surface area contributed by atoms with E-state index in [0.717, 1.165) is 45.0 Å². The number of ether oxygens (including phenoxy) is 2. The van der Waals surface area contributed by atoms with Gasteiger partial charge in [-0.1, -0.05) is 36.4 Å². The Labute approximate surface area is 186 Å². The van der Waals surface area contributed by atoms with Crippen molar-refractivity contribution in [1.82, 2.24) is 9.97 Å². The quantitative estimate of drug-likeness (QED) is 0.414. The molecule has 0 radical (unpaired) electrons. The highest BCUT2D eigenvalue weighted by molar-refractivity contribution is 5.84. The Hall–Kier alpha value is -4.06. The van der Waals surface area contributed by atoms with E-state index in [1.54, 1.807) is 0 Å². The van der Waals surface area contributed by atoms with Gasteiger partial charge in [-0.3, -0.25) is 9.98 Å². The second-order valence-corrected chi connectivity index (χ2v) is 7.33. The van der Waals surface area contributed by atoms with E-state index in [4.69, 9.17) is 19.4 Å². The number of aromatic nitrogens is 2. The minimum Gasteiger partial charge on any atom is -0.487 e. The van der Waals surface area contributed by atoms with Gasteiger partial charge in [0.05, 0.1) is 24.1 Å². The summed E-state index contributed by atoms with van der Waals surface area (Å²) >= 11 is 0. The van der Waals surface area contributed by atoms with Gasteiger partial charge in [0.25, 0.3) is 0 Å². The number of hydrogen-bond donors (Lipinski definition) is 0. The highest BCUT2D eigenvalue weighted by Crippen LogP contribution is 2.22. The molecular formula is C26H22N4O2. The van der Waals surface area contributed by atoms with E-state index >= 15 is 0 Å². The van der Waals surface area contributed by atoms with Gasteiger partial charge in [0.15, 0.2) is 0 Å². The fourth-order valence-electron chi connectivity index (χ4n) is 3.48. The SMILES string of the molecule is C1=NCCN=Cc2ccccc2OCc2nc3ccccc3nc2COc2ccccc21. The molecule has 0 amide bonds. The second kappa shape index (κ2) is 9.39. The molecule has 0 spiro atoms. The van der Waals surface area contributed by atoms with Crippen LogP contribution < -0.4 is 9.47 Å². The predicted octanol–water partition coefficient (Wildman–Crippen LogP) is 4.64. The minimum atomic E-state index is 0.282. The fraction of sp³-hybridized carbons (Fsp3) is 0.154. The van der Waals surface area contributed by atoms with E-state index in [9.17, 15) is 0 Å². The smallest absolute Gasteiger partial charge is 0.132 e. The number of fused-ring (bicyclic) bond motifs is 4. The van der Waals surface area contributed by atoms with E-state index in [0.29, 0.717) is 13.1 Å². The van der Waals surface area contributed by atoms with Gasteiger partial charge < -0.3 is 9.47 Å². The van der Waals surface area contributed by atoms with Gasteiger partial charge in [0.2, 0.25) is 0 Å². The maximum absolute atomic E-state index is 6.15. The number of benzene rings is 3. The number of hydrogen-bond acceptors (Lipinski definition) is 6. The molecule has 0 bridgehead atoms. The highest BCUT2D eigenvalue weighted by atomic mass is 16.5. The van der Waals surface area contributed by atoms with Crippen LogP contribution >= 0.6 is 0 Å². The molecule has 6 nitrogen and oxygen atoms in total. The molecule has 0 saturated heterocycles. The third-order valence-corrected chi connectivity index (χ3v) is 5.11. The van der Waals surface area contributed by atoms with Crippen molar-refractivity contribution in [3.63, 3.8) is 0 Å². The Balaban J connectivity index is 1.56. The molecule has 3 aromatic carbocycles. The minimum absolute atomic E-state index is 0.282. The van der Waals surface area contributed by atoms with Crippen molar-refractivity contribution in [3.8, 4) is 11.5 Å². The van der Waals surface area contributed by atoms with Gasteiger partial charge >= 0.3 is 0 Å². The van der Waals surface area contributed by atoms with Crippen LogP contribution in [0.4, 0.5) is 0 Å². The van der Waals surface area contributed by atoms with Gasteiger partial charge in [0, 0.05) is 23.6 Å². The molecule has 1 aliphatic rings. The third kappa shape index (κ3) is 4.49. The summed E-state index contributed by atoms with van der Waals surface area (Å²) in [5.74, 6) is 1.50. The summed E-state index contributed by atoms with van der Waals surface area (Å²) in [7, 11) is 0. The first-order chi connectivity index (χ1) is 15.9. The monoisotopic (exact) mass is 422 g/mol. The Morgan fingerprint density at radius 3 is 1.47 bits per heavy atom. The van der Waals surface area contributed by atoms with Gasteiger partial charge in [0.1, 0.15) is 36.1 Å². The van der Waals surface area contributed by atoms with E-state index in [2.05, 4.69) is 9.98 Å². The number of para-hydroxylation sites is 4. The zero-order valence-corrected chi connectivity index (χ0v) is 17.5. The lowest BCUT2D eigenvalue weighted by atomic mass is 10.2. The average molecular weight is 422 g/mol. The van der Waals surface area contributed by atoms with Crippen molar-refractivity contribution < 1.29 is 9.47 Å². The lowest BCUT2D eigenvalue weighted by molar-refractivity contribution is 0.277. The van der Waals surface area contributed by atoms with Crippen LogP contribution in [0.1, 0.15) is 22.5 Å². The second-order valence-electron chi connectivity index (χ2n) is 7.33. The molecule has 2 heterocycles. The first-order valence-corrected chi connectivity index (χ1v) is 10.5. The fourth-order valence-corrected chi connectivity index (χ4v) is 3.48. The molecule has 0 unspecified atom stereocenters. The van der Waals surface area contributed by atoms with Crippen molar-refractivity contribution >= 4 is 23.5 Å². The molecule has 5 rings (SSSR count). The average Bonchev–Trinajstić information content (AvgIpc) is 2.84. The summed E-state index contributed by atoms with van der Waals surface area (Å²) in [6, 6.07) is 23.5. The summed E-state index contributed by atoms with van der Waals surface area (Å²) in [4.78, 5) is 18.7. The van der Waals surface area contributed by atoms with Gasteiger partial charge in [-0.2, -0.15) is 0 Å². The standard InChI is InChI=1S/C26H22N4O2/c1-5-11-25-19(7-1)15-27-13-14-28-16-20-8-2-6-12-26(20)32-18-24-23(17-31-25)29-21-9-3-4-10-22(21)30-24/h1-12,15-16H,13-14,17-18H2. The van der Waals surface area contributed by atoms with Gasteiger partial charge in [-0.15, -0.1) is 0 Å². The van der Waals surface area contributed by atoms with E-state index < -0.39 is 0 Å². The molecular weight excluding hydrogens is 400 g/mol. The zero-order chi connectivity index (χ0) is 21.6. The van der Waals surface area contributed by atoms with Crippen LogP contribution in [0.15, 0.2) is 82.8 Å². The van der Waals surface area contributed by atoms with Crippen LogP contribution in [0.25, 0.3) is 11.0 Å². The predicted molar refractivity (Wildman–Crippen MR) is 126 cm³/mol. The molecule has 0 N–H and O–H groups in total. The van der Waals surface area contributed by atoms with Crippen LogP contribution in [-0.2, 0) is 13.2 Å². The van der Waals surface area contributed by atoms with Crippen LogP contribution in [0.3, 0.4) is 0 Å². The summed E-state index contributed by atoms with van der Waals surface area (Å²) in [5, 5.41) is 0. The Morgan fingerprint density at radius 1 is 0.531 bits per heavy atom. The number of aliphatic imine (C=N–C) groups is 2. The third-order valence-electron chi connectivity index (χ3n) is 5.11. The van der Waals surface area contributed by atoms with Crippen molar-refractivity contribution in [1.29, 1.82) is 0 Å². The number of nitrogens with zero attached hydrogens (tertiary/aromatic N) is 4. The van der Waals surface area contributed by atoms with E-state index in [-0.39, 0.29) is 13.2 Å². The molecule has 1 aliphatic heterocycles. The molecule has 0 saturated carbocycles. The van der Waals surface area contributed by atoms with Gasteiger partial charge in [-0.25, -0.2) is 9.97 Å². The summed E-state index contributed by atoms with van der Waals surface area (Å²) < 4.78 is 12.3. The Kier molecular flexibility index (Phi) is 5.83. The van der Waals surface area contributed by atoms with Crippen molar-refractivity contribution in [3.05, 3.63) is 95.3 Å². The molecule has 1 aromatic heterocycles. The lowest BCUT2D eigenvalue weighted by Gasteiger charge is -2.14. The van der Waals surface area contributed by atoms with Crippen molar-refractivity contribution in [2.45, 2.75) is 13.2 Å². The van der Waals surface area contributed by atoms with Crippen LogP contribution in [0.2, 0.25) is 0 Å². The van der Waals surface area contributed by atoms with Crippen LogP contribution in [0, 0.1) is 0 Å². The molecule has 0 aliphatic carbocycles. The molecule has 6 heteroatoms. The molecule has 158 valence electrons. The van der Waals surface area contributed by atoms with Crippen LogP contribution in [0.5, 0.6) is 11.5 Å². The zero-order valence-electron chi connectivity index (χ0n) is 17.5. The van der Waals surface area contributed by atoms with Crippen LogP contribution in [-0.4, -0.2) is 35.5 Å².